The van der Waals surface area contributed by atoms with Crippen LogP contribution in [0.4, 0.5) is 0 Å². The molecule has 8 heteroatoms. The fourth-order valence-electron chi connectivity index (χ4n) is 2.77. The van der Waals surface area contributed by atoms with Crippen molar-refractivity contribution in [3.05, 3.63) is 32.5 Å². The zero-order valence-electron chi connectivity index (χ0n) is 13.0. The van der Waals surface area contributed by atoms with Crippen molar-refractivity contribution in [3.63, 3.8) is 0 Å². The van der Waals surface area contributed by atoms with Crippen LogP contribution in [0.3, 0.4) is 0 Å². The number of nitrogens with zero attached hydrogens (tertiary/aromatic N) is 3. The number of carbonyl (C=O) groups excluding carboxylic acids is 2. The Morgan fingerprint density at radius 2 is 2.26 bits per heavy atom. The van der Waals surface area contributed by atoms with Crippen LogP contribution in [0.25, 0.3) is 0 Å². The fraction of sp³-hybridized carbons (Fsp3) is 0.467. The average molecular weight is 350 g/mol. The van der Waals surface area contributed by atoms with Crippen LogP contribution in [0, 0.1) is 6.92 Å². The predicted octanol–water partition coefficient (Wildman–Crippen LogP) is 2.64. The molecule has 3 heterocycles. The molecule has 0 radical (unpaired) electrons. The first-order valence-corrected chi connectivity index (χ1v) is 9.18. The van der Waals surface area contributed by atoms with E-state index in [1.54, 1.807) is 6.92 Å². The first-order chi connectivity index (χ1) is 11.1. The quantitative estimate of drug-likeness (QED) is 0.920. The molecule has 2 amide bonds. The Balaban J connectivity index is 1.81. The maximum absolute atomic E-state index is 12.7. The molecule has 1 aliphatic heterocycles. The van der Waals surface area contributed by atoms with Crippen LogP contribution in [0.1, 0.15) is 55.7 Å². The third-order valence-electron chi connectivity index (χ3n) is 3.88. The summed E-state index contributed by atoms with van der Waals surface area (Å²) in [4.78, 5) is 28.9. The average Bonchev–Trinajstić information content (AvgIpc) is 3.26. The highest BCUT2D eigenvalue weighted by molar-refractivity contribution is 7.14. The van der Waals surface area contributed by atoms with Crippen LogP contribution < -0.4 is 5.32 Å². The highest BCUT2D eigenvalue weighted by Gasteiger charge is 2.33. The van der Waals surface area contributed by atoms with Gasteiger partial charge in [-0.1, -0.05) is 4.49 Å². The summed E-state index contributed by atoms with van der Waals surface area (Å²) >= 11 is 2.61. The molecule has 122 valence electrons. The molecule has 1 saturated heterocycles. The topological polar surface area (TPSA) is 75.2 Å². The summed E-state index contributed by atoms with van der Waals surface area (Å²) in [5.41, 5.74) is 0.680. The molecule has 2 aromatic heterocycles. The van der Waals surface area contributed by atoms with E-state index in [1.807, 2.05) is 24.0 Å². The van der Waals surface area contributed by atoms with Crippen LogP contribution >= 0.6 is 22.9 Å². The summed E-state index contributed by atoms with van der Waals surface area (Å²) in [6.07, 6.45) is 1.89. The second-order valence-corrected chi connectivity index (χ2v) is 7.27. The van der Waals surface area contributed by atoms with Crippen molar-refractivity contribution >= 4 is 34.7 Å². The highest BCUT2D eigenvalue weighted by Crippen LogP contribution is 2.37. The summed E-state index contributed by atoms with van der Waals surface area (Å²) in [6.45, 7) is 5.04. The second-order valence-electron chi connectivity index (χ2n) is 5.41. The SMILES string of the molecule is CCNC(=O)c1ccc(C2CCCN2C(=O)c2snnc2C)s1. The van der Waals surface area contributed by atoms with Gasteiger partial charge in [-0.05, 0) is 50.4 Å². The van der Waals surface area contributed by atoms with Crippen LogP contribution in [-0.2, 0) is 0 Å². The van der Waals surface area contributed by atoms with Gasteiger partial charge >= 0.3 is 0 Å². The summed E-state index contributed by atoms with van der Waals surface area (Å²) in [6, 6.07) is 3.84. The van der Waals surface area contributed by atoms with Gasteiger partial charge in [0.05, 0.1) is 16.6 Å². The van der Waals surface area contributed by atoms with E-state index in [0.29, 0.717) is 22.0 Å². The molecule has 23 heavy (non-hydrogen) atoms. The Bertz CT molecular complexity index is 725. The summed E-state index contributed by atoms with van der Waals surface area (Å²) < 4.78 is 3.85. The first-order valence-electron chi connectivity index (χ1n) is 7.59. The molecule has 0 saturated carbocycles. The van der Waals surface area contributed by atoms with Gasteiger partial charge in [0.25, 0.3) is 11.8 Å². The number of hydrogen-bond donors (Lipinski definition) is 1. The van der Waals surface area contributed by atoms with Gasteiger partial charge in [-0.15, -0.1) is 16.4 Å². The molecule has 1 atom stereocenters. The largest absolute Gasteiger partial charge is 0.352 e. The van der Waals surface area contributed by atoms with Gasteiger partial charge in [-0.2, -0.15) is 0 Å². The molecule has 0 spiro atoms. The number of carbonyl (C=O) groups is 2. The Morgan fingerprint density at radius 1 is 1.43 bits per heavy atom. The molecule has 3 rings (SSSR count). The molecule has 1 unspecified atom stereocenters. The van der Waals surface area contributed by atoms with E-state index >= 15 is 0 Å². The zero-order valence-corrected chi connectivity index (χ0v) is 14.7. The first kappa shape index (κ1) is 16.1. The number of aryl methyl sites for hydroxylation is 1. The predicted molar refractivity (Wildman–Crippen MR) is 90.0 cm³/mol. The van der Waals surface area contributed by atoms with Gasteiger partial charge in [0, 0.05) is 18.0 Å². The van der Waals surface area contributed by atoms with Crippen molar-refractivity contribution in [3.8, 4) is 0 Å². The van der Waals surface area contributed by atoms with E-state index in [9.17, 15) is 9.59 Å². The molecule has 0 bridgehead atoms. The van der Waals surface area contributed by atoms with Crippen molar-refractivity contribution in [2.24, 2.45) is 0 Å². The van der Waals surface area contributed by atoms with Crippen LogP contribution in [0.15, 0.2) is 12.1 Å². The molecule has 1 fully saturated rings. The number of likely N-dealkylation sites (tertiary alicyclic amines) is 1. The Labute approximate surface area is 142 Å². The lowest BCUT2D eigenvalue weighted by atomic mass is 10.2. The van der Waals surface area contributed by atoms with Crippen LogP contribution in [0.2, 0.25) is 0 Å². The van der Waals surface area contributed by atoms with E-state index in [4.69, 9.17) is 0 Å². The molecule has 0 aliphatic carbocycles. The third-order valence-corrected chi connectivity index (χ3v) is 5.88. The molecule has 6 nitrogen and oxygen atoms in total. The highest BCUT2D eigenvalue weighted by atomic mass is 32.1. The number of amides is 2. The number of hydrogen-bond acceptors (Lipinski definition) is 6. The van der Waals surface area contributed by atoms with Crippen molar-refractivity contribution in [2.75, 3.05) is 13.1 Å². The van der Waals surface area contributed by atoms with Crippen molar-refractivity contribution in [1.29, 1.82) is 0 Å². The lowest BCUT2D eigenvalue weighted by Gasteiger charge is -2.23. The molecule has 0 aromatic carbocycles. The maximum atomic E-state index is 12.7. The minimum Gasteiger partial charge on any atom is -0.352 e. The molecular weight excluding hydrogens is 332 g/mol. The maximum Gasteiger partial charge on any atom is 0.268 e. The minimum absolute atomic E-state index is 0.00652. The van der Waals surface area contributed by atoms with Crippen LogP contribution in [-0.4, -0.2) is 39.4 Å². The summed E-state index contributed by atoms with van der Waals surface area (Å²) in [7, 11) is 0. The Kier molecular flexibility index (Phi) is 4.72. The normalized spacial score (nSPS) is 17.5. The summed E-state index contributed by atoms with van der Waals surface area (Å²) in [5, 5.41) is 6.73. The second kappa shape index (κ2) is 6.76. The number of thiophene rings is 1. The number of aromatic nitrogens is 2. The van der Waals surface area contributed by atoms with Crippen molar-refractivity contribution in [2.45, 2.75) is 32.7 Å². The summed E-state index contributed by atoms with van der Waals surface area (Å²) in [5.74, 6) is -0.0601. The van der Waals surface area contributed by atoms with E-state index in [0.717, 1.165) is 35.8 Å². The van der Waals surface area contributed by atoms with Gasteiger partial charge in [0.2, 0.25) is 0 Å². The van der Waals surface area contributed by atoms with E-state index in [2.05, 4.69) is 14.9 Å². The van der Waals surface area contributed by atoms with Gasteiger partial charge in [-0.3, -0.25) is 9.59 Å². The lowest BCUT2D eigenvalue weighted by molar-refractivity contribution is 0.0741. The molecule has 1 N–H and O–H groups in total. The molecular formula is C15H18N4O2S2. The van der Waals surface area contributed by atoms with Crippen molar-refractivity contribution < 1.29 is 9.59 Å². The lowest BCUT2D eigenvalue weighted by Crippen LogP contribution is -2.30. The molecule has 1 aliphatic rings. The van der Waals surface area contributed by atoms with E-state index in [1.165, 1.54) is 11.3 Å². The minimum atomic E-state index is -0.0536. The van der Waals surface area contributed by atoms with E-state index < -0.39 is 0 Å². The third kappa shape index (κ3) is 3.13. The van der Waals surface area contributed by atoms with Gasteiger partial charge in [-0.25, -0.2) is 0 Å². The Hall–Kier alpha value is -1.80. The van der Waals surface area contributed by atoms with Gasteiger partial charge in [0.15, 0.2) is 0 Å². The smallest absolute Gasteiger partial charge is 0.268 e. The zero-order chi connectivity index (χ0) is 16.4. The van der Waals surface area contributed by atoms with Crippen molar-refractivity contribution in [1.82, 2.24) is 19.8 Å². The number of rotatable bonds is 4. The standard InChI is InChI=1S/C15H18N4O2S2/c1-3-16-14(20)12-7-6-11(22-12)10-5-4-8-19(10)15(21)13-9(2)17-18-23-13/h6-7,10H,3-5,8H2,1-2H3,(H,16,20). The Morgan fingerprint density at radius 3 is 2.96 bits per heavy atom. The van der Waals surface area contributed by atoms with Gasteiger partial charge < -0.3 is 10.2 Å². The number of nitrogens with one attached hydrogen (secondary N) is 1. The van der Waals surface area contributed by atoms with Gasteiger partial charge in [0.1, 0.15) is 4.88 Å². The van der Waals surface area contributed by atoms with E-state index in [-0.39, 0.29) is 17.9 Å². The monoisotopic (exact) mass is 350 g/mol. The fourth-order valence-corrected chi connectivity index (χ4v) is 4.45. The molecule has 2 aromatic rings. The van der Waals surface area contributed by atoms with Crippen LogP contribution in [0.5, 0.6) is 0 Å².